The van der Waals surface area contributed by atoms with Gasteiger partial charge in [-0.25, -0.2) is 4.79 Å². The molecule has 1 aliphatic heterocycles. The number of aromatic nitrogens is 1. The van der Waals surface area contributed by atoms with Crippen molar-refractivity contribution in [1.82, 2.24) is 9.88 Å². The highest BCUT2D eigenvalue weighted by atomic mass is 16.5. The molecule has 2 heterocycles. The van der Waals surface area contributed by atoms with Crippen LogP contribution in [0.25, 0.3) is 10.9 Å². The summed E-state index contributed by atoms with van der Waals surface area (Å²) < 4.78 is 5.71. The molecule has 0 saturated carbocycles. The van der Waals surface area contributed by atoms with Gasteiger partial charge in [-0.3, -0.25) is 4.79 Å². The Kier molecular flexibility index (Phi) is 4.44. The maximum Gasteiger partial charge on any atom is 0.341 e. The summed E-state index contributed by atoms with van der Waals surface area (Å²) in [5, 5.41) is 0.790. The fourth-order valence-electron chi connectivity index (χ4n) is 3.40. The Morgan fingerprint density at radius 2 is 1.65 bits per heavy atom. The highest BCUT2D eigenvalue weighted by Gasteiger charge is 2.31. The SMILES string of the molecule is O=C(O[C@@H](C(=O)N1CCCC1)c1ccccc1)c1c[nH]c2ccccc12. The van der Waals surface area contributed by atoms with Crippen LogP contribution < -0.4 is 0 Å². The largest absolute Gasteiger partial charge is 0.444 e. The quantitative estimate of drug-likeness (QED) is 0.732. The number of para-hydroxylation sites is 1. The second-order valence-electron chi connectivity index (χ2n) is 6.48. The Balaban J connectivity index is 1.64. The predicted octanol–water partition coefficient (Wildman–Crippen LogP) is 3.69. The molecule has 1 aromatic heterocycles. The molecule has 1 aliphatic rings. The zero-order valence-corrected chi connectivity index (χ0v) is 14.4. The molecule has 0 spiro atoms. The Hall–Kier alpha value is -3.08. The Morgan fingerprint density at radius 3 is 2.42 bits per heavy atom. The van der Waals surface area contributed by atoms with Crippen LogP contribution in [0.15, 0.2) is 60.8 Å². The van der Waals surface area contributed by atoms with Crippen LogP contribution in [-0.4, -0.2) is 34.8 Å². The first-order valence-electron chi connectivity index (χ1n) is 8.85. The number of aromatic amines is 1. The number of carbonyl (C=O) groups excluding carboxylic acids is 2. The van der Waals surface area contributed by atoms with Gasteiger partial charge in [-0.05, 0) is 18.9 Å². The van der Waals surface area contributed by atoms with Crippen molar-refractivity contribution >= 4 is 22.8 Å². The lowest BCUT2D eigenvalue weighted by Gasteiger charge is -2.23. The third-order valence-electron chi connectivity index (χ3n) is 4.78. The van der Waals surface area contributed by atoms with Crippen molar-refractivity contribution in [2.45, 2.75) is 18.9 Å². The summed E-state index contributed by atoms with van der Waals surface area (Å²) in [6.45, 7) is 1.43. The number of rotatable bonds is 4. The average molecular weight is 348 g/mol. The Labute approximate surface area is 151 Å². The van der Waals surface area contributed by atoms with E-state index in [2.05, 4.69) is 4.98 Å². The van der Waals surface area contributed by atoms with Gasteiger partial charge in [0, 0.05) is 35.8 Å². The van der Waals surface area contributed by atoms with Crippen LogP contribution >= 0.6 is 0 Å². The second-order valence-corrected chi connectivity index (χ2v) is 6.48. The topological polar surface area (TPSA) is 62.4 Å². The summed E-state index contributed by atoms with van der Waals surface area (Å²) in [5.41, 5.74) is 2.00. The van der Waals surface area contributed by atoms with Crippen LogP contribution in [-0.2, 0) is 9.53 Å². The minimum Gasteiger partial charge on any atom is -0.444 e. The molecule has 132 valence electrons. The molecule has 1 saturated heterocycles. The maximum absolute atomic E-state index is 13.0. The number of hydrogen-bond donors (Lipinski definition) is 1. The molecule has 3 aromatic rings. The van der Waals surface area contributed by atoms with E-state index in [0.29, 0.717) is 24.2 Å². The van der Waals surface area contributed by atoms with Gasteiger partial charge in [-0.1, -0.05) is 48.5 Å². The standard InChI is InChI=1S/C21H20N2O3/c24-20(23-12-6-7-13-23)19(15-8-2-1-3-9-15)26-21(25)17-14-22-18-11-5-4-10-16(17)18/h1-5,8-11,14,19,22H,6-7,12-13H2/t19-/m1/s1. The maximum atomic E-state index is 13.0. The lowest BCUT2D eigenvalue weighted by atomic mass is 10.1. The highest BCUT2D eigenvalue weighted by Crippen LogP contribution is 2.26. The van der Waals surface area contributed by atoms with Crippen LogP contribution in [0.3, 0.4) is 0 Å². The molecule has 1 N–H and O–H groups in total. The first kappa shape index (κ1) is 16.4. The Morgan fingerprint density at radius 1 is 0.962 bits per heavy atom. The second kappa shape index (κ2) is 7.04. The lowest BCUT2D eigenvalue weighted by molar-refractivity contribution is -0.140. The van der Waals surface area contributed by atoms with Crippen LogP contribution in [0, 0.1) is 0 Å². The zero-order valence-electron chi connectivity index (χ0n) is 14.4. The van der Waals surface area contributed by atoms with Crippen molar-refractivity contribution in [2.24, 2.45) is 0 Å². The number of benzene rings is 2. The van der Waals surface area contributed by atoms with Gasteiger partial charge in [-0.15, -0.1) is 0 Å². The number of nitrogens with one attached hydrogen (secondary N) is 1. The zero-order chi connectivity index (χ0) is 17.9. The van der Waals surface area contributed by atoms with E-state index in [1.807, 2.05) is 54.6 Å². The highest BCUT2D eigenvalue weighted by molar-refractivity contribution is 6.04. The minimum atomic E-state index is -0.921. The van der Waals surface area contributed by atoms with Gasteiger partial charge in [0.2, 0.25) is 6.10 Å². The number of esters is 1. The Bertz CT molecular complexity index is 927. The number of carbonyl (C=O) groups is 2. The molecule has 2 aromatic carbocycles. The molecule has 0 aliphatic carbocycles. The van der Waals surface area contributed by atoms with E-state index in [9.17, 15) is 9.59 Å². The van der Waals surface area contributed by atoms with Crippen molar-refractivity contribution in [3.63, 3.8) is 0 Å². The van der Waals surface area contributed by atoms with Gasteiger partial charge in [0.05, 0.1) is 5.56 Å². The minimum absolute atomic E-state index is 0.151. The van der Waals surface area contributed by atoms with Crippen molar-refractivity contribution in [1.29, 1.82) is 0 Å². The number of likely N-dealkylation sites (tertiary alicyclic amines) is 1. The third kappa shape index (κ3) is 3.08. The van der Waals surface area contributed by atoms with E-state index >= 15 is 0 Å². The van der Waals surface area contributed by atoms with Gasteiger partial charge in [0.1, 0.15) is 0 Å². The van der Waals surface area contributed by atoms with E-state index in [1.54, 1.807) is 11.1 Å². The van der Waals surface area contributed by atoms with Gasteiger partial charge < -0.3 is 14.6 Å². The molecular weight excluding hydrogens is 328 g/mol. The molecule has 5 heteroatoms. The van der Waals surface area contributed by atoms with E-state index in [1.165, 1.54) is 0 Å². The normalized spacial score (nSPS) is 15.2. The summed E-state index contributed by atoms with van der Waals surface area (Å²) >= 11 is 0. The van der Waals surface area contributed by atoms with Gasteiger partial charge in [-0.2, -0.15) is 0 Å². The average Bonchev–Trinajstić information content (AvgIpc) is 3.36. The molecule has 0 radical (unpaired) electrons. The molecule has 1 fully saturated rings. The monoisotopic (exact) mass is 348 g/mol. The molecule has 0 bridgehead atoms. The summed E-state index contributed by atoms with van der Waals surface area (Å²) in [6.07, 6.45) is 2.69. The summed E-state index contributed by atoms with van der Waals surface area (Å²) in [7, 11) is 0. The summed E-state index contributed by atoms with van der Waals surface area (Å²) in [4.78, 5) is 30.6. The third-order valence-corrected chi connectivity index (χ3v) is 4.78. The van der Waals surface area contributed by atoms with Crippen molar-refractivity contribution in [3.05, 3.63) is 71.9 Å². The van der Waals surface area contributed by atoms with Crippen molar-refractivity contribution in [2.75, 3.05) is 13.1 Å². The van der Waals surface area contributed by atoms with Gasteiger partial charge >= 0.3 is 5.97 Å². The van der Waals surface area contributed by atoms with E-state index in [0.717, 1.165) is 23.7 Å². The predicted molar refractivity (Wildman–Crippen MR) is 98.7 cm³/mol. The van der Waals surface area contributed by atoms with Crippen LogP contribution in [0.4, 0.5) is 0 Å². The fraction of sp³-hybridized carbons (Fsp3) is 0.238. The number of H-pyrrole nitrogens is 1. The number of hydrogen-bond acceptors (Lipinski definition) is 3. The van der Waals surface area contributed by atoms with Crippen LogP contribution in [0.1, 0.15) is 34.9 Å². The van der Waals surface area contributed by atoms with Crippen molar-refractivity contribution < 1.29 is 14.3 Å². The molecule has 26 heavy (non-hydrogen) atoms. The van der Waals surface area contributed by atoms with Crippen molar-refractivity contribution in [3.8, 4) is 0 Å². The summed E-state index contributed by atoms with van der Waals surface area (Å²) in [5.74, 6) is -0.647. The number of fused-ring (bicyclic) bond motifs is 1. The van der Waals surface area contributed by atoms with Crippen LogP contribution in [0.2, 0.25) is 0 Å². The molecule has 4 rings (SSSR count). The fourth-order valence-corrected chi connectivity index (χ4v) is 3.40. The van der Waals surface area contributed by atoms with E-state index in [4.69, 9.17) is 4.74 Å². The van der Waals surface area contributed by atoms with Crippen LogP contribution in [0.5, 0.6) is 0 Å². The molecule has 1 atom stereocenters. The number of ether oxygens (including phenoxy) is 1. The lowest BCUT2D eigenvalue weighted by Crippen LogP contribution is -2.34. The molecule has 1 amide bonds. The number of amides is 1. The molecule has 5 nitrogen and oxygen atoms in total. The van der Waals surface area contributed by atoms with Gasteiger partial charge in [0.15, 0.2) is 0 Å². The first-order chi connectivity index (χ1) is 12.7. The number of nitrogens with zero attached hydrogens (tertiary/aromatic N) is 1. The van der Waals surface area contributed by atoms with E-state index < -0.39 is 12.1 Å². The van der Waals surface area contributed by atoms with Gasteiger partial charge in [0.25, 0.3) is 5.91 Å². The molecular formula is C21H20N2O3. The smallest absolute Gasteiger partial charge is 0.341 e. The summed E-state index contributed by atoms with van der Waals surface area (Å²) in [6, 6.07) is 16.7. The van der Waals surface area contributed by atoms with E-state index in [-0.39, 0.29) is 5.91 Å². The molecule has 0 unspecified atom stereocenters. The first-order valence-corrected chi connectivity index (χ1v) is 8.85.